The molecule has 0 radical (unpaired) electrons. The number of methoxy groups -OCH3 is 1. The molecule has 1 aromatic heterocycles. The van der Waals surface area contributed by atoms with E-state index in [1.54, 1.807) is 20.8 Å². The van der Waals surface area contributed by atoms with E-state index in [1.165, 1.54) is 18.2 Å². The number of nitrogens with zero attached hydrogens (tertiary/aromatic N) is 4. The molecular formula is C26H35FN6O3. The summed E-state index contributed by atoms with van der Waals surface area (Å²) in [6, 6.07) is 5.89. The van der Waals surface area contributed by atoms with Crippen molar-refractivity contribution in [3.63, 3.8) is 0 Å². The third-order valence-corrected chi connectivity index (χ3v) is 6.50. The van der Waals surface area contributed by atoms with Gasteiger partial charge >= 0.3 is 12.1 Å². The molecule has 2 aromatic rings. The number of anilines is 3. The number of rotatable bonds is 6. The summed E-state index contributed by atoms with van der Waals surface area (Å²) in [5, 5.41) is 11.2. The Balaban J connectivity index is 1.57. The molecule has 36 heavy (non-hydrogen) atoms. The number of piperidine rings is 1. The van der Waals surface area contributed by atoms with Gasteiger partial charge < -0.3 is 30.0 Å². The van der Waals surface area contributed by atoms with Gasteiger partial charge in [-0.25, -0.2) is 9.18 Å². The average molecular weight is 499 g/mol. The zero-order valence-electron chi connectivity index (χ0n) is 21.6. The first-order valence-corrected chi connectivity index (χ1v) is 12.3. The molecular weight excluding hydrogens is 463 g/mol. The lowest BCUT2D eigenvalue weighted by molar-refractivity contribution is 0.0111. The number of nitrogens with one attached hydrogen (secondary N) is 2. The Bertz CT molecular complexity index is 1130. The maximum Gasteiger partial charge on any atom is 0.410 e. The summed E-state index contributed by atoms with van der Waals surface area (Å²) in [5.74, 6) is 0.941. The van der Waals surface area contributed by atoms with Crippen LogP contribution in [-0.2, 0) is 4.74 Å². The van der Waals surface area contributed by atoms with Crippen LogP contribution in [0.2, 0.25) is 0 Å². The number of aryl methyl sites for hydroxylation is 1. The Morgan fingerprint density at radius 2 is 1.97 bits per heavy atom. The molecule has 2 aliphatic heterocycles. The SMILES string of the molecule is COc1nc(Nc2cc(C3CCN(C(=O)OC(C)(C)C)CC3F)c(C)cc2C=N)cc(N2CCC2)n1. The lowest BCUT2D eigenvalue weighted by Crippen LogP contribution is -2.46. The molecule has 2 saturated heterocycles. The van der Waals surface area contributed by atoms with Crippen molar-refractivity contribution in [1.82, 2.24) is 14.9 Å². The zero-order valence-corrected chi connectivity index (χ0v) is 21.6. The van der Waals surface area contributed by atoms with Crippen molar-refractivity contribution in [3.05, 3.63) is 34.9 Å². The molecule has 9 nitrogen and oxygen atoms in total. The Hall–Kier alpha value is -3.43. The van der Waals surface area contributed by atoms with E-state index >= 15 is 4.39 Å². The number of likely N-dealkylation sites (tertiary alicyclic amines) is 1. The van der Waals surface area contributed by atoms with Crippen molar-refractivity contribution in [2.45, 2.75) is 58.2 Å². The molecule has 4 rings (SSSR count). The Kier molecular flexibility index (Phi) is 7.33. The second-order valence-electron chi connectivity index (χ2n) is 10.3. The van der Waals surface area contributed by atoms with Crippen LogP contribution in [0.3, 0.4) is 0 Å². The fraction of sp³-hybridized carbons (Fsp3) is 0.538. The van der Waals surface area contributed by atoms with Gasteiger partial charge in [0, 0.05) is 49.1 Å². The second-order valence-corrected chi connectivity index (χ2v) is 10.3. The van der Waals surface area contributed by atoms with Crippen LogP contribution in [0.1, 0.15) is 56.2 Å². The van der Waals surface area contributed by atoms with E-state index in [2.05, 4.69) is 20.2 Å². The maximum absolute atomic E-state index is 15.4. The standard InChI is InChI=1S/C26H35FN6O3/c1-16-11-17(14-28)21(29-22-13-23(32-8-6-9-32)31-24(30-22)35-5)12-19(16)18-7-10-33(15-20(18)27)25(34)36-26(2,3)4/h11-14,18,20,28H,6-10,15H2,1-5H3,(H,29,30,31). The number of halogens is 1. The molecule has 10 heteroatoms. The lowest BCUT2D eigenvalue weighted by atomic mass is 9.84. The monoisotopic (exact) mass is 498 g/mol. The van der Waals surface area contributed by atoms with E-state index in [4.69, 9.17) is 14.9 Å². The number of benzene rings is 1. The summed E-state index contributed by atoms with van der Waals surface area (Å²) in [6.45, 7) is 9.58. The van der Waals surface area contributed by atoms with Gasteiger partial charge in [0.2, 0.25) is 0 Å². The molecule has 0 spiro atoms. The van der Waals surface area contributed by atoms with Crippen molar-refractivity contribution in [2.24, 2.45) is 0 Å². The summed E-state index contributed by atoms with van der Waals surface area (Å²) >= 11 is 0. The highest BCUT2D eigenvalue weighted by atomic mass is 19.1. The Morgan fingerprint density at radius 3 is 2.56 bits per heavy atom. The second kappa shape index (κ2) is 10.3. The summed E-state index contributed by atoms with van der Waals surface area (Å²) in [6.07, 6.45) is 1.14. The summed E-state index contributed by atoms with van der Waals surface area (Å²) in [4.78, 5) is 24.9. The predicted molar refractivity (Wildman–Crippen MR) is 138 cm³/mol. The normalized spacial score (nSPS) is 19.9. The first kappa shape index (κ1) is 25.7. The van der Waals surface area contributed by atoms with Gasteiger partial charge in [-0.3, -0.25) is 0 Å². The van der Waals surface area contributed by atoms with Gasteiger partial charge in [-0.05, 0) is 63.8 Å². The number of carbonyl (C=O) groups excluding carboxylic acids is 1. The molecule has 0 bridgehead atoms. The number of alkyl halides is 1. The molecule has 2 N–H and O–H groups in total. The van der Waals surface area contributed by atoms with E-state index < -0.39 is 17.9 Å². The number of amides is 1. The van der Waals surface area contributed by atoms with Crippen molar-refractivity contribution in [3.8, 4) is 6.01 Å². The Morgan fingerprint density at radius 1 is 1.22 bits per heavy atom. The molecule has 0 saturated carbocycles. The van der Waals surface area contributed by atoms with Crippen LogP contribution in [0.5, 0.6) is 6.01 Å². The van der Waals surface area contributed by atoms with Crippen molar-refractivity contribution < 1.29 is 18.7 Å². The van der Waals surface area contributed by atoms with E-state index in [9.17, 15) is 4.79 Å². The zero-order chi connectivity index (χ0) is 26.0. The molecule has 2 aliphatic rings. The van der Waals surface area contributed by atoms with E-state index in [0.29, 0.717) is 30.0 Å². The highest BCUT2D eigenvalue weighted by molar-refractivity contribution is 5.88. The van der Waals surface area contributed by atoms with Gasteiger partial charge in [0.1, 0.15) is 23.4 Å². The van der Waals surface area contributed by atoms with Crippen molar-refractivity contribution in [2.75, 3.05) is 43.5 Å². The fourth-order valence-corrected chi connectivity index (χ4v) is 4.54. The van der Waals surface area contributed by atoms with Gasteiger partial charge in [-0.2, -0.15) is 9.97 Å². The van der Waals surface area contributed by atoms with E-state index in [0.717, 1.165) is 36.5 Å². The van der Waals surface area contributed by atoms with Crippen LogP contribution in [0.25, 0.3) is 0 Å². The van der Waals surface area contributed by atoms with Crippen LogP contribution >= 0.6 is 0 Å². The fourth-order valence-electron chi connectivity index (χ4n) is 4.54. The van der Waals surface area contributed by atoms with Gasteiger partial charge in [-0.15, -0.1) is 0 Å². The number of ether oxygens (including phenoxy) is 2. The molecule has 1 amide bonds. The number of hydrogen-bond acceptors (Lipinski definition) is 8. The number of carbonyl (C=O) groups is 1. The Labute approximate surface area is 211 Å². The predicted octanol–water partition coefficient (Wildman–Crippen LogP) is 4.81. The van der Waals surface area contributed by atoms with Crippen molar-refractivity contribution in [1.29, 1.82) is 5.41 Å². The van der Waals surface area contributed by atoms with Crippen LogP contribution < -0.4 is 15.0 Å². The first-order valence-electron chi connectivity index (χ1n) is 12.3. The third kappa shape index (κ3) is 5.68. The van der Waals surface area contributed by atoms with Crippen molar-refractivity contribution >= 4 is 29.6 Å². The molecule has 2 fully saturated rings. The lowest BCUT2D eigenvalue weighted by Gasteiger charge is -2.36. The molecule has 3 heterocycles. The molecule has 2 atom stereocenters. The maximum atomic E-state index is 15.4. The largest absolute Gasteiger partial charge is 0.467 e. The summed E-state index contributed by atoms with van der Waals surface area (Å²) in [5.41, 5.74) is 2.45. The van der Waals surface area contributed by atoms with Crippen LogP contribution in [0.4, 0.5) is 26.5 Å². The number of aromatic nitrogens is 2. The van der Waals surface area contributed by atoms with Crippen LogP contribution in [0.15, 0.2) is 18.2 Å². The van der Waals surface area contributed by atoms with Crippen LogP contribution in [0, 0.1) is 12.3 Å². The highest BCUT2D eigenvalue weighted by Crippen LogP contribution is 2.36. The summed E-state index contributed by atoms with van der Waals surface area (Å²) in [7, 11) is 1.52. The van der Waals surface area contributed by atoms with Gasteiger partial charge in [-0.1, -0.05) is 0 Å². The minimum Gasteiger partial charge on any atom is -0.467 e. The summed E-state index contributed by atoms with van der Waals surface area (Å²) < 4.78 is 26.1. The quantitative estimate of drug-likeness (QED) is 0.551. The third-order valence-electron chi connectivity index (χ3n) is 6.50. The molecule has 1 aromatic carbocycles. The topological polar surface area (TPSA) is 104 Å². The van der Waals surface area contributed by atoms with E-state index in [1.807, 2.05) is 25.1 Å². The first-order chi connectivity index (χ1) is 17.1. The van der Waals surface area contributed by atoms with Gasteiger partial charge in [0.25, 0.3) is 0 Å². The van der Waals surface area contributed by atoms with Gasteiger partial charge in [0.15, 0.2) is 0 Å². The molecule has 2 unspecified atom stereocenters. The molecule has 194 valence electrons. The molecule has 0 aliphatic carbocycles. The minimum atomic E-state index is -1.24. The smallest absolute Gasteiger partial charge is 0.410 e. The average Bonchev–Trinajstić information content (AvgIpc) is 2.77. The van der Waals surface area contributed by atoms with Gasteiger partial charge in [0.05, 0.1) is 13.7 Å². The minimum absolute atomic E-state index is 0.0175. The number of hydrogen-bond donors (Lipinski definition) is 2. The van der Waals surface area contributed by atoms with E-state index in [-0.39, 0.29) is 18.5 Å². The van der Waals surface area contributed by atoms with Crippen LogP contribution in [-0.4, -0.2) is 72.2 Å². The highest BCUT2D eigenvalue weighted by Gasteiger charge is 2.35.